The second-order valence-electron chi connectivity index (χ2n) is 3.58. The van der Waals surface area contributed by atoms with Gasteiger partial charge in [0.1, 0.15) is 0 Å². The molecule has 0 aliphatic heterocycles. The Balaban J connectivity index is 2.19. The second-order valence-corrected chi connectivity index (χ2v) is 5.44. The van der Waals surface area contributed by atoms with Crippen LogP contribution in [-0.2, 0) is 6.42 Å². The normalized spacial score (nSPS) is 15.1. The molecule has 4 heteroatoms. The van der Waals surface area contributed by atoms with Crippen molar-refractivity contribution in [1.29, 1.82) is 0 Å². The van der Waals surface area contributed by atoms with Gasteiger partial charge in [0.2, 0.25) is 0 Å². The van der Waals surface area contributed by atoms with Crippen molar-refractivity contribution in [1.82, 2.24) is 5.32 Å². The third kappa shape index (κ3) is 4.55. The van der Waals surface area contributed by atoms with Crippen molar-refractivity contribution in [2.24, 2.45) is 0 Å². The molecular formula is C11H19NOS2. The summed E-state index contributed by atoms with van der Waals surface area (Å²) in [5, 5.41) is 17.2. The van der Waals surface area contributed by atoms with Gasteiger partial charge in [0, 0.05) is 11.3 Å². The van der Waals surface area contributed by atoms with Gasteiger partial charge in [0.15, 0.2) is 0 Å². The Bertz CT molecular complexity index is 247. The molecule has 0 saturated carbocycles. The molecule has 1 rings (SSSR count). The predicted octanol–water partition coefficient (Wildman–Crippen LogP) is 1.99. The molecule has 0 fully saturated rings. The van der Waals surface area contributed by atoms with Crippen LogP contribution in [0.15, 0.2) is 16.8 Å². The van der Waals surface area contributed by atoms with E-state index in [1.54, 1.807) is 23.1 Å². The molecular weight excluding hydrogens is 226 g/mol. The second kappa shape index (κ2) is 7.28. The zero-order chi connectivity index (χ0) is 11.1. The van der Waals surface area contributed by atoms with Crippen molar-refractivity contribution in [2.75, 3.05) is 19.4 Å². The Kier molecular flexibility index (Phi) is 6.32. The van der Waals surface area contributed by atoms with Crippen LogP contribution in [-0.4, -0.2) is 35.8 Å². The molecule has 2 unspecified atom stereocenters. The van der Waals surface area contributed by atoms with E-state index in [0.717, 1.165) is 13.0 Å². The van der Waals surface area contributed by atoms with Crippen molar-refractivity contribution in [3.8, 4) is 0 Å². The van der Waals surface area contributed by atoms with Gasteiger partial charge in [-0.2, -0.15) is 23.1 Å². The van der Waals surface area contributed by atoms with Gasteiger partial charge in [-0.15, -0.1) is 0 Å². The third-order valence-electron chi connectivity index (χ3n) is 2.50. The van der Waals surface area contributed by atoms with E-state index >= 15 is 0 Å². The van der Waals surface area contributed by atoms with Crippen molar-refractivity contribution in [2.45, 2.75) is 24.6 Å². The Morgan fingerprint density at radius 2 is 2.40 bits per heavy atom. The minimum atomic E-state index is 0.244. The molecule has 2 atom stereocenters. The fraction of sp³-hybridized carbons (Fsp3) is 0.636. The fourth-order valence-corrected chi connectivity index (χ4v) is 2.80. The smallest absolute Gasteiger partial charge is 0.0564 e. The molecule has 0 spiro atoms. The highest BCUT2D eigenvalue weighted by Crippen LogP contribution is 2.10. The van der Waals surface area contributed by atoms with Crippen LogP contribution < -0.4 is 5.32 Å². The Morgan fingerprint density at radius 1 is 1.60 bits per heavy atom. The number of hydrogen-bond acceptors (Lipinski definition) is 4. The van der Waals surface area contributed by atoms with E-state index in [1.807, 2.05) is 6.26 Å². The first-order valence-electron chi connectivity index (χ1n) is 5.16. The van der Waals surface area contributed by atoms with Gasteiger partial charge in [-0.05, 0) is 48.5 Å². The molecule has 15 heavy (non-hydrogen) atoms. The lowest BCUT2D eigenvalue weighted by molar-refractivity contribution is 0.276. The van der Waals surface area contributed by atoms with Crippen LogP contribution in [0.2, 0.25) is 0 Å². The predicted molar refractivity (Wildman–Crippen MR) is 69.9 cm³/mol. The van der Waals surface area contributed by atoms with Crippen molar-refractivity contribution < 1.29 is 5.11 Å². The summed E-state index contributed by atoms with van der Waals surface area (Å²) >= 11 is 3.46. The van der Waals surface area contributed by atoms with Gasteiger partial charge in [-0.1, -0.05) is 0 Å². The SMILES string of the molecule is CSC(CO)C(C)NCCc1ccsc1. The quantitative estimate of drug-likeness (QED) is 0.770. The number of thiophene rings is 1. The molecule has 0 amide bonds. The standard InChI is InChI=1S/C11H19NOS2/c1-9(11(7-13)14-2)12-5-3-10-4-6-15-8-10/h4,6,8-9,11-13H,3,5,7H2,1-2H3. The fourth-order valence-electron chi connectivity index (χ4n) is 1.45. The summed E-state index contributed by atoms with van der Waals surface area (Å²) in [5.41, 5.74) is 1.39. The van der Waals surface area contributed by atoms with E-state index in [0.29, 0.717) is 11.3 Å². The zero-order valence-corrected chi connectivity index (χ0v) is 10.9. The van der Waals surface area contributed by atoms with Crippen LogP contribution in [0.25, 0.3) is 0 Å². The summed E-state index contributed by atoms with van der Waals surface area (Å²) in [6.45, 7) is 3.35. The van der Waals surface area contributed by atoms with Crippen LogP contribution in [0, 0.1) is 0 Å². The number of rotatable bonds is 7. The summed E-state index contributed by atoms with van der Waals surface area (Å²) in [4.78, 5) is 0. The van der Waals surface area contributed by atoms with Crippen LogP contribution >= 0.6 is 23.1 Å². The largest absolute Gasteiger partial charge is 0.395 e. The molecule has 2 N–H and O–H groups in total. The molecule has 86 valence electrons. The highest BCUT2D eigenvalue weighted by Gasteiger charge is 2.13. The van der Waals surface area contributed by atoms with Crippen molar-refractivity contribution in [3.63, 3.8) is 0 Å². The molecule has 0 saturated heterocycles. The molecule has 1 aromatic heterocycles. The van der Waals surface area contributed by atoms with Gasteiger partial charge in [0.25, 0.3) is 0 Å². The summed E-state index contributed by atoms with van der Waals surface area (Å²) in [7, 11) is 0. The van der Waals surface area contributed by atoms with E-state index in [9.17, 15) is 0 Å². The van der Waals surface area contributed by atoms with E-state index in [-0.39, 0.29) is 6.61 Å². The van der Waals surface area contributed by atoms with Crippen LogP contribution in [0.1, 0.15) is 12.5 Å². The molecule has 0 radical (unpaired) electrons. The van der Waals surface area contributed by atoms with E-state index < -0.39 is 0 Å². The van der Waals surface area contributed by atoms with Gasteiger partial charge in [-0.3, -0.25) is 0 Å². The van der Waals surface area contributed by atoms with Crippen LogP contribution in [0.3, 0.4) is 0 Å². The van der Waals surface area contributed by atoms with Crippen LogP contribution in [0.5, 0.6) is 0 Å². The minimum Gasteiger partial charge on any atom is -0.395 e. The lowest BCUT2D eigenvalue weighted by Crippen LogP contribution is -2.38. The highest BCUT2D eigenvalue weighted by atomic mass is 32.2. The molecule has 0 aliphatic carbocycles. The number of thioether (sulfide) groups is 1. The molecule has 0 aliphatic rings. The Hall–Kier alpha value is -0.0300. The van der Waals surface area contributed by atoms with Gasteiger partial charge < -0.3 is 10.4 Å². The first kappa shape index (κ1) is 13.0. The average Bonchev–Trinajstić information content (AvgIpc) is 2.72. The van der Waals surface area contributed by atoms with Crippen molar-refractivity contribution in [3.05, 3.63) is 22.4 Å². The third-order valence-corrected chi connectivity index (χ3v) is 4.40. The summed E-state index contributed by atoms with van der Waals surface area (Å²) in [6, 6.07) is 2.53. The lowest BCUT2D eigenvalue weighted by atomic mass is 10.2. The highest BCUT2D eigenvalue weighted by molar-refractivity contribution is 7.99. The molecule has 1 aromatic rings. The topological polar surface area (TPSA) is 32.3 Å². The zero-order valence-electron chi connectivity index (χ0n) is 9.27. The van der Waals surface area contributed by atoms with E-state index in [1.165, 1.54) is 5.56 Å². The summed E-state index contributed by atoms with van der Waals surface area (Å²) < 4.78 is 0. The first-order chi connectivity index (χ1) is 7.27. The maximum Gasteiger partial charge on any atom is 0.0564 e. The Morgan fingerprint density at radius 3 is 2.93 bits per heavy atom. The van der Waals surface area contributed by atoms with E-state index in [4.69, 9.17) is 5.11 Å². The monoisotopic (exact) mass is 245 g/mol. The number of aliphatic hydroxyl groups excluding tert-OH is 1. The molecule has 1 heterocycles. The summed E-state index contributed by atoms with van der Waals surface area (Å²) in [6.07, 6.45) is 3.11. The average molecular weight is 245 g/mol. The van der Waals surface area contributed by atoms with Gasteiger partial charge in [-0.25, -0.2) is 0 Å². The maximum absolute atomic E-state index is 9.12. The molecule has 0 bridgehead atoms. The van der Waals surface area contributed by atoms with Crippen LogP contribution in [0.4, 0.5) is 0 Å². The first-order valence-corrected chi connectivity index (χ1v) is 7.39. The van der Waals surface area contributed by atoms with Gasteiger partial charge in [0.05, 0.1) is 6.61 Å². The number of aliphatic hydroxyl groups is 1. The summed E-state index contributed by atoms with van der Waals surface area (Å²) in [5.74, 6) is 0. The van der Waals surface area contributed by atoms with Gasteiger partial charge >= 0.3 is 0 Å². The Labute approximate surface area is 100 Å². The molecule has 0 aromatic carbocycles. The lowest BCUT2D eigenvalue weighted by Gasteiger charge is -2.21. The number of hydrogen-bond donors (Lipinski definition) is 2. The maximum atomic E-state index is 9.12. The van der Waals surface area contributed by atoms with E-state index in [2.05, 4.69) is 29.1 Å². The molecule has 2 nitrogen and oxygen atoms in total. The number of nitrogens with one attached hydrogen (secondary N) is 1. The van der Waals surface area contributed by atoms with Crippen molar-refractivity contribution >= 4 is 23.1 Å². The minimum absolute atomic E-state index is 0.244.